The summed E-state index contributed by atoms with van der Waals surface area (Å²) in [6, 6.07) is 0. The van der Waals surface area contributed by atoms with Gasteiger partial charge in [-0.2, -0.15) is 5.10 Å². The maximum Gasteiger partial charge on any atom is 0.248 e. The Bertz CT molecular complexity index is 1310. The highest BCUT2D eigenvalue weighted by molar-refractivity contribution is 5.91. The average molecular weight is 428 g/mol. The first kappa shape index (κ1) is 17.6. The molecule has 1 aliphatic carbocycles. The Morgan fingerprint density at radius 2 is 2.00 bits per heavy atom. The van der Waals surface area contributed by atoms with Crippen molar-refractivity contribution in [3.63, 3.8) is 0 Å². The zero-order valence-electron chi connectivity index (χ0n) is 19.6. The van der Waals surface area contributed by atoms with Crippen molar-refractivity contribution in [1.29, 1.82) is 0 Å². The van der Waals surface area contributed by atoms with Gasteiger partial charge in [-0.15, -0.1) is 0 Å². The lowest BCUT2D eigenvalue weighted by atomic mass is 9.87. The van der Waals surface area contributed by atoms with Crippen molar-refractivity contribution in [3.8, 4) is 22.4 Å². The molecule has 0 saturated heterocycles. The van der Waals surface area contributed by atoms with E-state index < -0.39 is 18.3 Å². The second-order valence-electron chi connectivity index (χ2n) is 8.20. The molecular weight excluding hydrogens is 402 g/mol. The SMILES string of the molecule is [2H]C([2H])(C1CCC(F)(F)CC1)n1cc(-c2cnn(C)c2)c2ncc(-c3c(C)noc3C)nc21. The zero-order valence-corrected chi connectivity index (χ0v) is 17.6. The third-order valence-corrected chi connectivity index (χ3v) is 5.84. The molecule has 0 radical (unpaired) electrons. The van der Waals surface area contributed by atoms with Gasteiger partial charge >= 0.3 is 0 Å². The van der Waals surface area contributed by atoms with Crippen molar-refractivity contribution in [2.24, 2.45) is 13.0 Å². The van der Waals surface area contributed by atoms with Gasteiger partial charge in [0.25, 0.3) is 0 Å². The van der Waals surface area contributed by atoms with Gasteiger partial charge in [-0.3, -0.25) is 4.68 Å². The van der Waals surface area contributed by atoms with Crippen molar-refractivity contribution in [2.45, 2.75) is 52.0 Å². The molecule has 5 rings (SSSR count). The van der Waals surface area contributed by atoms with E-state index in [4.69, 9.17) is 12.2 Å². The molecule has 4 aromatic rings. The van der Waals surface area contributed by atoms with E-state index in [9.17, 15) is 8.78 Å². The van der Waals surface area contributed by atoms with Crippen LogP contribution >= 0.6 is 0 Å². The summed E-state index contributed by atoms with van der Waals surface area (Å²) in [7, 11) is 1.80. The van der Waals surface area contributed by atoms with Gasteiger partial charge in [0.1, 0.15) is 11.3 Å². The molecule has 0 bridgehead atoms. The summed E-state index contributed by atoms with van der Waals surface area (Å²) in [5.41, 5.74) is 4.19. The Morgan fingerprint density at radius 3 is 2.65 bits per heavy atom. The average Bonchev–Trinajstić information content (AvgIpc) is 3.44. The minimum atomic E-state index is -2.73. The monoisotopic (exact) mass is 428 g/mol. The van der Waals surface area contributed by atoms with Gasteiger partial charge in [0.05, 0.1) is 32.1 Å². The highest BCUT2D eigenvalue weighted by Gasteiger charge is 2.35. The summed E-state index contributed by atoms with van der Waals surface area (Å²) in [6.45, 7) is 1.66. The standard InChI is InChI=1S/C22H24F2N6O/c1-13-19(14(2)31-28-13)18-9-25-20-17(16-8-26-29(3)11-16)12-30(21(20)27-18)10-15-4-6-22(23,24)7-5-15/h8-9,11-12,15H,4-7,10H2,1-3H3/i10D2. The quantitative estimate of drug-likeness (QED) is 0.461. The van der Waals surface area contributed by atoms with Crippen molar-refractivity contribution in [2.75, 3.05) is 0 Å². The van der Waals surface area contributed by atoms with Gasteiger partial charge < -0.3 is 9.09 Å². The number of hydrogen-bond acceptors (Lipinski definition) is 5. The molecule has 31 heavy (non-hydrogen) atoms. The Labute approximate surface area is 180 Å². The van der Waals surface area contributed by atoms with Crippen LogP contribution in [0.5, 0.6) is 0 Å². The molecule has 0 amide bonds. The van der Waals surface area contributed by atoms with E-state index in [1.165, 1.54) is 4.57 Å². The van der Waals surface area contributed by atoms with Crippen LogP contribution in [0.25, 0.3) is 33.5 Å². The van der Waals surface area contributed by atoms with E-state index >= 15 is 0 Å². The first-order valence-electron chi connectivity index (χ1n) is 11.3. The van der Waals surface area contributed by atoms with Gasteiger partial charge in [0.2, 0.25) is 5.92 Å². The van der Waals surface area contributed by atoms with Crippen LogP contribution in [-0.4, -0.2) is 35.4 Å². The molecule has 1 saturated carbocycles. The van der Waals surface area contributed by atoms with Crippen molar-refractivity contribution >= 4 is 11.2 Å². The van der Waals surface area contributed by atoms with E-state index in [1.807, 2.05) is 6.20 Å². The zero-order chi connectivity index (χ0) is 23.5. The summed E-state index contributed by atoms with van der Waals surface area (Å²) in [5, 5.41) is 8.20. The number of nitrogens with zero attached hydrogens (tertiary/aromatic N) is 6. The summed E-state index contributed by atoms with van der Waals surface area (Å²) in [4.78, 5) is 9.40. The van der Waals surface area contributed by atoms with Crippen molar-refractivity contribution in [1.82, 2.24) is 29.5 Å². The highest BCUT2D eigenvalue weighted by Crippen LogP contribution is 2.38. The number of rotatable bonds is 4. The Hall–Kier alpha value is -3.10. The van der Waals surface area contributed by atoms with E-state index in [-0.39, 0.29) is 25.7 Å². The van der Waals surface area contributed by atoms with Crippen molar-refractivity contribution in [3.05, 3.63) is 36.2 Å². The first-order chi connectivity index (χ1) is 15.6. The van der Waals surface area contributed by atoms with Gasteiger partial charge in [-0.1, -0.05) is 5.16 Å². The molecule has 0 unspecified atom stereocenters. The Kier molecular flexibility index (Phi) is 4.11. The van der Waals surface area contributed by atoms with Crippen LogP contribution in [0.15, 0.2) is 29.3 Å². The van der Waals surface area contributed by atoms with Gasteiger partial charge in [0.15, 0.2) is 5.65 Å². The first-order valence-corrected chi connectivity index (χ1v) is 10.3. The largest absolute Gasteiger partial charge is 0.361 e. The van der Waals surface area contributed by atoms with Crippen LogP contribution in [0, 0.1) is 19.8 Å². The van der Waals surface area contributed by atoms with Gasteiger partial charge in [-0.25, -0.2) is 18.7 Å². The Morgan fingerprint density at radius 1 is 1.23 bits per heavy atom. The lowest BCUT2D eigenvalue weighted by Gasteiger charge is -2.28. The maximum atomic E-state index is 13.8. The summed E-state index contributed by atoms with van der Waals surface area (Å²) >= 11 is 0. The number of aromatic nitrogens is 6. The molecule has 0 spiro atoms. The molecule has 7 nitrogen and oxygen atoms in total. The van der Waals surface area contributed by atoms with Crippen LogP contribution in [0.2, 0.25) is 0 Å². The van der Waals surface area contributed by atoms with E-state index in [0.29, 0.717) is 39.4 Å². The van der Waals surface area contributed by atoms with E-state index in [2.05, 4.69) is 15.2 Å². The molecule has 162 valence electrons. The molecule has 0 N–H and O–H groups in total. The van der Waals surface area contributed by atoms with Gasteiger partial charge in [-0.05, 0) is 32.6 Å². The molecule has 4 aromatic heterocycles. The topological polar surface area (TPSA) is 74.6 Å². The second-order valence-corrected chi connectivity index (χ2v) is 8.20. The number of fused-ring (bicyclic) bond motifs is 1. The number of hydrogen-bond donors (Lipinski definition) is 0. The molecule has 9 heteroatoms. The van der Waals surface area contributed by atoms with E-state index in [1.54, 1.807) is 44.2 Å². The van der Waals surface area contributed by atoms with Crippen LogP contribution in [0.4, 0.5) is 8.78 Å². The lowest BCUT2D eigenvalue weighted by Crippen LogP contribution is -2.26. The summed E-state index contributed by atoms with van der Waals surface area (Å²) in [6.07, 6.45) is 6.35. The fourth-order valence-corrected chi connectivity index (χ4v) is 4.19. The molecule has 0 atom stereocenters. The van der Waals surface area contributed by atoms with Crippen LogP contribution in [0.1, 0.15) is 39.9 Å². The smallest absolute Gasteiger partial charge is 0.248 e. The molecule has 0 aliphatic heterocycles. The fourth-order valence-electron chi connectivity index (χ4n) is 4.19. The number of alkyl halides is 2. The fraction of sp³-hybridized carbons (Fsp3) is 0.455. The lowest BCUT2D eigenvalue weighted by molar-refractivity contribution is -0.0472. The van der Waals surface area contributed by atoms with Crippen LogP contribution in [0.3, 0.4) is 0 Å². The predicted octanol–water partition coefficient (Wildman–Crippen LogP) is 4.93. The summed E-state index contributed by atoms with van der Waals surface area (Å²) < 4.78 is 53.8. The number of halogens is 2. The number of aryl methyl sites for hydroxylation is 3. The van der Waals surface area contributed by atoms with Crippen LogP contribution in [-0.2, 0) is 13.5 Å². The Balaban J connectivity index is 1.68. The molecular formula is C22H24F2N6O. The van der Waals surface area contributed by atoms with E-state index in [0.717, 1.165) is 5.56 Å². The maximum absolute atomic E-state index is 13.8. The molecule has 4 heterocycles. The van der Waals surface area contributed by atoms with Crippen molar-refractivity contribution < 1.29 is 16.0 Å². The highest BCUT2D eigenvalue weighted by atomic mass is 19.3. The molecule has 0 aromatic carbocycles. The summed E-state index contributed by atoms with van der Waals surface area (Å²) in [5.74, 6) is -2.72. The predicted molar refractivity (Wildman–Crippen MR) is 112 cm³/mol. The minimum absolute atomic E-state index is 0.0961. The minimum Gasteiger partial charge on any atom is -0.361 e. The van der Waals surface area contributed by atoms with Crippen LogP contribution < -0.4 is 0 Å². The normalized spacial score (nSPS) is 18.4. The molecule has 1 fully saturated rings. The third kappa shape index (κ3) is 3.62. The van der Waals surface area contributed by atoms with Gasteiger partial charge in [0, 0.05) is 49.9 Å². The third-order valence-electron chi connectivity index (χ3n) is 5.84. The second kappa shape index (κ2) is 7.25. The molecule has 1 aliphatic rings.